The summed E-state index contributed by atoms with van der Waals surface area (Å²) in [7, 11) is 0. The van der Waals surface area contributed by atoms with E-state index in [1.807, 2.05) is 12.1 Å². The van der Waals surface area contributed by atoms with Crippen LogP contribution in [0, 0.1) is 0 Å². The minimum atomic E-state index is 0.0503. The van der Waals surface area contributed by atoms with Crippen LogP contribution in [0.5, 0.6) is 0 Å². The van der Waals surface area contributed by atoms with Crippen molar-refractivity contribution in [1.29, 1.82) is 0 Å². The van der Waals surface area contributed by atoms with E-state index in [0.717, 1.165) is 16.6 Å². The molecule has 0 saturated heterocycles. The van der Waals surface area contributed by atoms with Gasteiger partial charge in [-0.3, -0.25) is 4.98 Å². The van der Waals surface area contributed by atoms with Crippen molar-refractivity contribution >= 4 is 10.9 Å². The highest BCUT2D eigenvalue weighted by Gasteiger charge is 1.96. The van der Waals surface area contributed by atoms with Crippen molar-refractivity contribution in [2.24, 2.45) is 0 Å². The summed E-state index contributed by atoms with van der Waals surface area (Å²) in [6.45, 7) is 0.0503. The first-order chi connectivity index (χ1) is 5.40. The summed E-state index contributed by atoms with van der Waals surface area (Å²) in [6.07, 6.45) is 3.49. The highest BCUT2D eigenvalue weighted by atomic mass is 16.3. The van der Waals surface area contributed by atoms with Crippen LogP contribution in [0.25, 0.3) is 10.9 Å². The van der Waals surface area contributed by atoms with Crippen molar-refractivity contribution in [3.8, 4) is 0 Å². The first-order valence-electron chi connectivity index (χ1n) is 3.42. The molecule has 0 aromatic carbocycles. The van der Waals surface area contributed by atoms with Crippen molar-refractivity contribution in [3.05, 3.63) is 30.2 Å². The first kappa shape index (κ1) is 6.37. The minimum absolute atomic E-state index is 0.0503. The molecule has 0 atom stereocenters. The van der Waals surface area contributed by atoms with Gasteiger partial charge in [0.15, 0.2) is 0 Å². The Kier molecular flexibility index (Phi) is 1.36. The Balaban J connectivity index is 2.69. The highest BCUT2D eigenvalue weighted by molar-refractivity contribution is 5.78. The van der Waals surface area contributed by atoms with E-state index in [9.17, 15) is 0 Å². The number of pyridine rings is 1. The summed E-state index contributed by atoms with van der Waals surface area (Å²) >= 11 is 0. The predicted molar refractivity (Wildman–Crippen MR) is 42.0 cm³/mol. The number of nitrogens with one attached hydrogen (secondary N) is 1. The number of nitrogens with zero attached hydrogens (tertiary/aromatic N) is 1. The Morgan fingerprint density at radius 1 is 1.55 bits per heavy atom. The number of aromatic nitrogens is 2. The van der Waals surface area contributed by atoms with E-state index in [4.69, 9.17) is 5.11 Å². The molecule has 0 aliphatic rings. The molecule has 2 aromatic heterocycles. The Bertz CT molecular complexity index is 334. The smallest absolute Gasteiger partial charge is 0.0831 e. The molecule has 0 saturated carbocycles. The van der Waals surface area contributed by atoms with Crippen LogP contribution in [0.1, 0.15) is 5.69 Å². The van der Waals surface area contributed by atoms with Crippen LogP contribution in [0.3, 0.4) is 0 Å². The number of H-pyrrole nitrogens is 1. The Hall–Kier alpha value is -1.35. The summed E-state index contributed by atoms with van der Waals surface area (Å²) in [5, 5.41) is 9.83. The molecule has 0 spiro atoms. The van der Waals surface area contributed by atoms with Crippen LogP contribution in [0.15, 0.2) is 24.5 Å². The van der Waals surface area contributed by atoms with E-state index in [0.29, 0.717) is 0 Å². The number of rotatable bonds is 1. The zero-order chi connectivity index (χ0) is 7.68. The molecule has 0 unspecified atom stereocenters. The number of hydrogen-bond acceptors (Lipinski definition) is 2. The largest absolute Gasteiger partial charge is 0.390 e. The Morgan fingerprint density at radius 3 is 3.18 bits per heavy atom. The Labute approximate surface area is 63.7 Å². The van der Waals surface area contributed by atoms with E-state index in [2.05, 4.69) is 9.97 Å². The molecule has 0 bridgehead atoms. The third-order valence-corrected chi connectivity index (χ3v) is 1.65. The van der Waals surface area contributed by atoms with Crippen molar-refractivity contribution in [3.63, 3.8) is 0 Å². The quantitative estimate of drug-likeness (QED) is 0.635. The van der Waals surface area contributed by atoms with Crippen LogP contribution in [-0.4, -0.2) is 15.1 Å². The SMILES string of the molecule is OCc1cc2cnccc2[nH]1. The third kappa shape index (κ3) is 0.991. The fourth-order valence-electron chi connectivity index (χ4n) is 1.12. The summed E-state index contributed by atoms with van der Waals surface area (Å²) in [4.78, 5) is 7.01. The van der Waals surface area contributed by atoms with Gasteiger partial charge in [-0.2, -0.15) is 0 Å². The maximum absolute atomic E-state index is 8.79. The highest BCUT2D eigenvalue weighted by Crippen LogP contribution is 2.12. The fraction of sp³-hybridized carbons (Fsp3) is 0.125. The van der Waals surface area contributed by atoms with E-state index in [1.165, 1.54) is 0 Å². The number of aromatic amines is 1. The summed E-state index contributed by atoms with van der Waals surface area (Å²) in [5.74, 6) is 0. The van der Waals surface area contributed by atoms with Crippen LogP contribution in [0.2, 0.25) is 0 Å². The standard InChI is InChI=1S/C8H8N2O/c11-5-7-3-6-4-9-2-1-8(6)10-7/h1-4,10-11H,5H2. The third-order valence-electron chi connectivity index (χ3n) is 1.65. The molecule has 3 heteroatoms. The molecule has 0 radical (unpaired) electrons. The predicted octanol–water partition coefficient (Wildman–Crippen LogP) is 1.06. The lowest BCUT2D eigenvalue weighted by Gasteiger charge is -1.84. The second kappa shape index (κ2) is 2.36. The average molecular weight is 148 g/mol. The topological polar surface area (TPSA) is 48.9 Å². The lowest BCUT2D eigenvalue weighted by Crippen LogP contribution is -1.78. The van der Waals surface area contributed by atoms with Gasteiger partial charge in [0.25, 0.3) is 0 Å². The van der Waals surface area contributed by atoms with Gasteiger partial charge in [0, 0.05) is 29.0 Å². The molecule has 0 amide bonds. The molecular formula is C8H8N2O. The molecular weight excluding hydrogens is 140 g/mol. The summed E-state index contributed by atoms with van der Waals surface area (Å²) in [6, 6.07) is 3.77. The maximum atomic E-state index is 8.79. The van der Waals surface area contributed by atoms with Gasteiger partial charge in [-0.05, 0) is 12.1 Å². The van der Waals surface area contributed by atoms with Crippen LogP contribution >= 0.6 is 0 Å². The zero-order valence-corrected chi connectivity index (χ0v) is 5.91. The second-order valence-electron chi connectivity index (χ2n) is 2.42. The number of aliphatic hydroxyl groups is 1. The second-order valence-corrected chi connectivity index (χ2v) is 2.42. The molecule has 0 fully saturated rings. The zero-order valence-electron chi connectivity index (χ0n) is 5.91. The molecule has 11 heavy (non-hydrogen) atoms. The van der Waals surface area contributed by atoms with Gasteiger partial charge in [0.1, 0.15) is 0 Å². The lowest BCUT2D eigenvalue weighted by molar-refractivity contribution is 0.278. The monoisotopic (exact) mass is 148 g/mol. The van der Waals surface area contributed by atoms with Gasteiger partial charge in [0.05, 0.1) is 6.61 Å². The van der Waals surface area contributed by atoms with Gasteiger partial charge in [-0.1, -0.05) is 0 Å². The fourth-order valence-corrected chi connectivity index (χ4v) is 1.12. The van der Waals surface area contributed by atoms with Crippen molar-refractivity contribution < 1.29 is 5.11 Å². The summed E-state index contributed by atoms with van der Waals surface area (Å²) in [5.41, 5.74) is 1.84. The van der Waals surface area contributed by atoms with Gasteiger partial charge in [-0.25, -0.2) is 0 Å². The number of aliphatic hydroxyl groups excluding tert-OH is 1. The summed E-state index contributed by atoms with van der Waals surface area (Å²) < 4.78 is 0. The van der Waals surface area contributed by atoms with Crippen molar-refractivity contribution in [1.82, 2.24) is 9.97 Å². The first-order valence-corrected chi connectivity index (χ1v) is 3.42. The molecule has 56 valence electrons. The van der Waals surface area contributed by atoms with Crippen molar-refractivity contribution in [2.75, 3.05) is 0 Å². The number of hydrogen-bond donors (Lipinski definition) is 2. The minimum Gasteiger partial charge on any atom is -0.390 e. The molecule has 0 aliphatic carbocycles. The van der Waals surface area contributed by atoms with Gasteiger partial charge in [0.2, 0.25) is 0 Å². The maximum Gasteiger partial charge on any atom is 0.0831 e. The Morgan fingerprint density at radius 2 is 2.45 bits per heavy atom. The van der Waals surface area contributed by atoms with Gasteiger partial charge >= 0.3 is 0 Å². The lowest BCUT2D eigenvalue weighted by atomic mass is 10.3. The van der Waals surface area contributed by atoms with Crippen LogP contribution in [-0.2, 0) is 6.61 Å². The van der Waals surface area contributed by atoms with Gasteiger partial charge < -0.3 is 10.1 Å². The van der Waals surface area contributed by atoms with Gasteiger partial charge in [-0.15, -0.1) is 0 Å². The number of fused-ring (bicyclic) bond motifs is 1. The van der Waals surface area contributed by atoms with E-state index >= 15 is 0 Å². The van der Waals surface area contributed by atoms with Crippen molar-refractivity contribution in [2.45, 2.75) is 6.61 Å². The normalized spacial score (nSPS) is 10.6. The molecule has 2 rings (SSSR count). The van der Waals surface area contributed by atoms with E-state index in [1.54, 1.807) is 12.4 Å². The molecule has 2 aromatic rings. The molecule has 0 aliphatic heterocycles. The van der Waals surface area contributed by atoms with Crippen LogP contribution in [0.4, 0.5) is 0 Å². The average Bonchev–Trinajstić information content (AvgIpc) is 2.46. The van der Waals surface area contributed by atoms with E-state index in [-0.39, 0.29) is 6.61 Å². The molecule has 3 nitrogen and oxygen atoms in total. The van der Waals surface area contributed by atoms with Crippen LogP contribution < -0.4 is 0 Å². The molecule has 2 N–H and O–H groups in total. The van der Waals surface area contributed by atoms with E-state index < -0.39 is 0 Å². The molecule has 2 heterocycles.